The Bertz CT molecular complexity index is 392. The van der Waals surface area contributed by atoms with Crippen LogP contribution in [0.5, 0.6) is 5.75 Å². The summed E-state index contributed by atoms with van der Waals surface area (Å²) in [5.74, 6) is 0.944. The molecule has 2 nitrogen and oxygen atoms in total. The standard InChI is InChI=1S/C15H20O2/c1-3-4-5-7-13-8-6-9-14(10-13)16-11-15(2)12-17-15/h3-4,6,8-10H,5,7,11-12H2,1-2H3/b4-3+. The van der Waals surface area contributed by atoms with Gasteiger partial charge in [-0.3, -0.25) is 0 Å². The maximum Gasteiger partial charge on any atom is 0.123 e. The highest BCUT2D eigenvalue weighted by atomic mass is 16.6. The summed E-state index contributed by atoms with van der Waals surface area (Å²) in [6.07, 6.45) is 6.42. The van der Waals surface area contributed by atoms with E-state index in [9.17, 15) is 0 Å². The van der Waals surface area contributed by atoms with E-state index in [2.05, 4.69) is 44.2 Å². The van der Waals surface area contributed by atoms with E-state index in [-0.39, 0.29) is 5.60 Å². The van der Waals surface area contributed by atoms with Crippen LogP contribution in [0.4, 0.5) is 0 Å². The first-order chi connectivity index (χ1) is 8.22. The van der Waals surface area contributed by atoms with Crippen molar-refractivity contribution in [1.29, 1.82) is 0 Å². The van der Waals surface area contributed by atoms with Gasteiger partial charge >= 0.3 is 0 Å². The number of aryl methyl sites for hydroxylation is 1. The van der Waals surface area contributed by atoms with Crippen LogP contribution in [0.25, 0.3) is 0 Å². The molecule has 0 amide bonds. The lowest BCUT2D eigenvalue weighted by Crippen LogP contribution is -2.16. The molecule has 1 aromatic rings. The molecule has 1 heterocycles. The average Bonchev–Trinajstić information content (AvgIpc) is 3.07. The molecule has 2 heteroatoms. The van der Waals surface area contributed by atoms with Crippen LogP contribution in [0.2, 0.25) is 0 Å². The van der Waals surface area contributed by atoms with Gasteiger partial charge in [0.2, 0.25) is 0 Å². The van der Waals surface area contributed by atoms with Crippen molar-refractivity contribution in [2.24, 2.45) is 0 Å². The Kier molecular flexibility index (Phi) is 3.85. The van der Waals surface area contributed by atoms with E-state index in [0.29, 0.717) is 6.61 Å². The molecule has 0 aromatic heterocycles. The van der Waals surface area contributed by atoms with Crippen molar-refractivity contribution in [3.63, 3.8) is 0 Å². The Hall–Kier alpha value is -1.28. The molecule has 1 atom stereocenters. The van der Waals surface area contributed by atoms with Gasteiger partial charge in [0, 0.05) is 0 Å². The van der Waals surface area contributed by atoms with E-state index in [1.54, 1.807) is 0 Å². The van der Waals surface area contributed by atoms with Gasteiger partial charge in [-0.1, -0.05) is 24.3 Å². The number of hydrogen-bond acceptors (Lipinski definition) is 2. The summed E-state index contributed by atoms with van der Waals surface area (Å²) in [5, 5.41) is 0. The molecule has 0 N–H and O–H groups in total. The number of allylic oxidation sites excluding steroid dienone is 2. The lowest BCUT2D eigenvalue weighted by Gasteiger charge is -2.09. The first-order valence-electron chi connectivity index (χ1n) is 6.19. The molecule has 0 saturated carbocycles. The molecule has 1 unspecified atom stereocenters. The number of rotatable bonds is 6. The van der Waals surface area contributed by atoms with Gasteiger partial charge < -0.3 is 9.47 Å². The minimum absolute atomic E-state index is 0.0407. The van der Waals surface area contributed by atoms with E-state index in [0.717, 1.165) is 25.2 Å². The third-order valence-electron chi connectivity index (χ3n) is 2.92. The zero-order chi connectivity index (χ0) is 12.1. The van der Waals surface area contributed by atoms with E-state index in [1.807, 2.05) is 6.07 Å². The van der Waals surface area contributed by atoms with E-state index in [4.69, 9.17) is 9.47 Å². The first kappa shape index (κ1) is 12.2. The highest BCUT2D eigenvalue weighted by Gasteiger charge is 2.40. The van der Waals surface area contributed by atoms with Crippen molar-refractivity contribution in [3.8, 4) is 5.75 Å². The molecule has 1 fully saturated rings. The van der Waals surface area contributed by atoms with Crippen molar-refractivity contribution in [2.75, 3.05) is 13.2 Å². The van der Waals surface area contributed by atoms with Gasteiger partial charge in [0.1, 0.15) is 18.0 Å². The molecule has 1 aliphatic heterocycles. The smallest absolute Gasteiger partial charge is 0.123 e. The SMILES string of the molecule is C/C=C/CCc1cccc(OCC2(C)CO2)c1. The van der Waals surface area contributed by atoms with Crippen molar-refractivity contribution >= 4 is 0 Å². The summed E-state index contributed by atoms with van der Waals surface area (Å²) in [5.41, 5.74) is 1.28. The van der Waals surface area contributed by atoms with Crippen molar-refractivity contribution in [2.45, 2.75) is 32.3 Å². The summed E-state index contributed by atoms with van der Waals surface area (Å²) < 4.78 is 11.0. The summed E-state index contributed by atoms with van der Waals surface area (Å²) >= 11 is 0. The van der Waals surface area contributed by atoms with Crippen LogP contribution in [0, 0.1) is 0 Å². The summed E-state index contributed by atoms with van der Waals surface area (Å²) in [7, 11) is 0. The Morgan fingerprint density at radius 3 is 3.00 bits per heavy atom. The second kappa shape index (κ2) is 5.37. The molecular weight excluding hydrogens is 212 g/mol. The van der Waals surface area contributed by atoms with Gasteiger partial charge in [0.15, 0.2) is 0 Å². The first-order valence-corrected chi connectivity index (χ1v) is 6.19. The highest BCUT2D eigenvalue weighted by molar-refractivity contribution is 5.29. The molecule has 2 rings (SSSR count). The summed E-state index contributed by atoms with van der Waals surface area (Å²) in [6, 6.07) is 8.32. The molecule has 1 aliphatic rings. The quantitative estimate of drug-likeness (QED) is 0.554. The monoisotopic (exact) mass is 232 g/mol. The fourth-order valence-electron chi connectivity index (χ4n) is 1.65. The van der Waals surface area contributed by atoms with Gasteiger partial charge in [-0.2, -0.15) is 0 Å². The lowest BCUT2D eigenvalue weighted by atomic mass is 10.1. The zero-order valence-corrected chi connectivity index (χ0v) is 10.6. The van der Waals surface area contributed by atoms with Crippen LogP contribution in [-0.2, 0) is 11.2 Å². The molecular formula is C15H20O2. The third kappa shape index (κ3) is 3.90. The van der Waals surface area contributed by atoms with Gasteiger partial charge in [-0.15, -0.1) is 0 Å². The molecule has 1 saturated heterocycles. The van der Waals surface area contributed by atoms with Crippen molar-refractivity contribution in [1.82, 2.24) is 0 Å². The number of epoxide rings is 1. The molecule has 0 aliphatic carbocycles. The molecule has 1 aromatic carbocycles. The van der Waals surface area contributed by atoms with E-state index in [1.165, 1.54) is 5.56 Å². The summed E-state index contributed by atoms with van der Waals surface area (Å²) in [6.45, 7) is 5.58. The minimum Gasteiger partial charge on any atom is -0.490 e. The zero-order valence-electron chi connectivity index (χ0n) is 10.6. The van der Waals surface area contributed by atoms with E-state index >= 15 is 0 Å². The highest BCUT2D eigenvalue weighted by Crippen LogP contribution is 2.27. The van der Waals surface area contributed by atoms with Crippen LogP contribution < -0.4 is 4.74 Å². The van der Waals surface area contributed by atoms with Crippen LogP contribution in [0.3, 0.4) is 0 Å². The lowest BCUT2D eigenvalue weighted by molar-refractivity contribution is 0.202. The van der Waals surface area contributed by atoms with Crippen LogP contribution in [0.15, 0.2) is 36.4 Å². The Balaban J connectivity index is 1.86. The predicted molar refractivity (Wildman–Crippen MR) is 69.4 cm³/mol. The summed E-state index contributed by atoms with van der Waals surface area (Å²) in [4.78, 5) is 0. The number of hydrogen-bond donors (Lipinski definition) is 0. The fraction of sp³-hybridized carbons (Fsp3) is 0.467. The molecule has 0 spiro atoms. The van der Waals surface area contributed by atoms with Crippen molar-refractivity contribution in [3.05, 3.63) is 42.0 Å². The molecule has 0 radical (unpaired) electrons. The maximum absolute atomic E-state index is 5.74. The number of ether oxygens (including phenoxy) is 2. The van der Waals surface area contributed by atoms with Gasteiger partial charge in [-0.25, -0.2) is 0 Å². The maximum atomic E-state index is 5.74. The van der Waals surface area contributed by atoms with Gasteiger partial charge in [0.25, 0.3) is 0 Å². The van der Waals surface area contributed by atoms with Gasteiger partial charge in [0.05, 0.1) is 6.61 Å². The normalized spacial score (nSPS) is 22.9. The fourth-order valence-corrected chi connectivity index (χ4v) is 1.65. The molecule has 0 bridgehead atoms. The minimum atomic E-state index is -0.0407. The average molecular weight is 232 g/mol. The van der Waals surface area contributed by atoms with Crippen LogP contribution >= 0.6 is 0 Å². The van der Waals surface area contributed by atoms with Gasteiger partial charge in [-0.05, 0) is 44.4 Å². The van der Waals surface area contributed by atoms with Crippen LogP contribution in [-0.4, -0.2) is 18.8 Å². The Labute approximate surface area is 103 Å². The second-order valence-corrected chi connectivity index (χ2v) is 4.78. The molecule has 17 heavy (non-hydrogen) atoms. The second-order valence-electron chi connectivity index (χ2n) is 4.78. The molecule has 92 valence electrons. The third-order valence-corrected chi connectivity index (χ3v) is 2.92. The number of benzene rings is 1. The Morgan fingerprint density at radius 1 is 1.47 bits per heavy atom. The van der Waals surface area contributed by atoms with E-state index < -0.39 is 0 Å². The topological polar surface area (TPSA) is 21.8 Å². The van der Waals surface area contributed by atoms with Crippen molar-refractivity contribution < 1.29 is 9.47 Å². The largest absolute Gasteiger partial charge is 0.490 e. The Morgan fingerprint density at radius 2 is 2.29 bits per heavy atom. The predicted octanol–water partition coefficient (Wildman–Crippen LogP) is 3.36. The van der Waals surface area contributed by atoms with Crippen LogP contribution in [0.1, 0.15) is 25.8 Å².